The van der Waals surface area contributed by atoms with Gasteiger partial charge in [0.15, 0.2) is 0 Å². The van der Waals surface area contributed by atoms with Crippen molar-refractivity contribution in [1.29, 1.82) is 0 Å². The maximum absolute atomic E-state index is 12.1. The summed E-state index contributed by atoms with van der Waals surface area (Å²) in [5.41, 5.74) is 6.75. The molecule has 0 atom stereocenters. The second-order valence-corrected chi connectivity index (χ2v) is 11.1. The molecule has 0 heterocycles. The van der Waals surface area contributed by atoms with E-state index in [0.29, 0.717) is 26.1 Å². The average molecular weight is 680 g/mol. The Morgan fingerprint density at radius 2 is 1.12 bits per heavy atom. The third kappa shape index (κ3) is 14.1. The van der Waals surface area contributed by atoms with Crippen molar-refractivity contribution in [2.45, 2.75) is 78.1 Å². The van der Waals surface area contributed by atoms with Gasteiger partial charge in [-0.2, -0.15) is 10.2 Å². The van der Waals surface area contributed by atoms with Crippen molar-refractivity contribution in [1.82, 2.24) is 10.9 Å². The van der Waals surface area contributed by atoms with Crippen molar-refractivity contribution in [3.8, 4) is 11.5 Å². The first-order valence-corrected chi connectivity index (χ1v) is 15.5. The molecule has 0 aromatic heterocycles. The second kappa shape index (κ2) is 20.2. The molecule has 10 heteroatoms. The lowest BCUT2D eigenvalue weighted by Gasteiger charge is -2.09. The summed E-state index contributed by atoms with van der Waals surface area (Å²) >= 11 is 6.91. The van der Waals surface area contributed by atoms with Gasteiger partial charge in [-0.15, -0.1) is 0 Å². The zero-order valence-electron chi connectivity index (χ0n) is 23.4. The molecule has 2 aromatic carbocycles. The van der Waals surface area contributed by atoms with Crippen molar-refractivity contribution < 1.29 is 19.1 Å². The maximum atomic E-state index is 12.1. The SMILES string of the molecule is CCCCOc1ccc(Br)cc1/C=N/NC(=O)CCCCCCC(=O)N/N=C/c1cc(Br)ccc1OCCCC. The summed E-state index contributed by atoms with van der Waals surface area (Å²) < 4.78 is 13.4. The summed E-state index contributed by atoms with van der Waals surface area (Å²) in [4.78, 5) is 24.3. The number of ether oxygens (including phenoxy) is 2. The van der Waals surface area contributed by atoms with Crippen molar-refractivity contribution in [3.63, 3.8) is 0 Å². The Bertz CT molecular complexity index is 1040. The van der Waals surface area contributed by atoms with E-state index in [2.05, 4.69) is 66.8 Å². The molecule has 8 nitrogen and oxygen atoms in total. The molecule has 0 aliphatic rings. The normalized spacial score (nSPS) is 11.2. The second-order valence-electron chi connectivity index (χ2n) is 9.27. The number of hydrogen-bond donors (Lipinski definition) is 2. The number of amides is 2. The molecule has 0 fully saturated rings. The van der Waals surface area contributed by atoms with Crippen molar-refractivity contribution in [3.05, 3.63) is 56.5 Å². The number of carbonyl (C=O) groups is 2. The molecule has 0 saturated carbocycles. The Balaban J connectivity index is 1.63. The van der Waals surface area contributed by atoms with Crippen molar-refractivity contribution >= 4 is 56.1 Å². The van der Waals surface area contributed by atoms with Gasteiger partial charge in [-0.05, 0) is 62.1 Å². The molecular weight excluding hydrogens is 640 g/mol. The topological polar surface area (TPSA) is 101 Å². The average Bonchev–Trinajstić information content (AvgIpc) is 2.93. The molecule has 2 aromatic rings. The third-order valence-electron chi connectivity index (χ3n) is 5.80. The minimum Gasteiger partial charge on any atom is -0.493 e. The quantitative estimate of drug-likeness (QED) is 0.0912. The van der Waals surface area contributed by atoms with Crippen molar-refractivity contribution in [2.75, 3.05) is 13.2 Å². The van der Waals surface area contributed by atoms with E-state index in [4.69, 9.17) is 9.47 Å². The van der Waals surface area contributed by atoms with Gasteiger partial charge in [0.1, 0.15) is 11.5 Å². The first-order valence-electron chi connectivity index (χ1n) is 13.9. The molecule has 0 spiro atoms. The molecule has 218 valence electrons. The number of hydrazone groups is 2. The zero-order valence-corrected chi connectivity index (χ0v) is 26.6. The number of rotatable bonds is 19. The van der Waals surface area contributed by atoms with Crippen LogP contribution in [-0.4, -0.2) is 37.5 Å². The number of halogens is 2. The van der Waals surface area contributed by atoms with Crippen LogP contribution in [0.5, 0.6) is 11.5 Å². The maximum Gasteiger partial charge on any atom is 0.240 e. The monoisotopic (exact) mass is 678 g/mol. The van der Waals surface area contributed by atoms with Gasteiger partial charge in [-0.25, -0.2) is 10.9 Å². The fraction of sp³-hybridized carbons (Fsp3) is 0.467. The van der Waals surface area contributed by atoms with Gasteiger partial charge in [0, 0.05) is 32.9 Å². The predicted octanol–water partition coefficient (Wildman–Crippen LogP) is 7.51. The van der Waals surface area contributed by atoms with Gasteiger partial charge >= 0.3 is 0 Å². The van der Waals surface area contributed by atoms with E-state index in [-0.39, 0.29) is 11.8 Å². The summed E-state index contributed by atoms with van der Waals surface area (Å²) in [5, 5.41) is 8.17. The molecule has 2 N–H and O–H groups in total. The molecule has 0 aliphatic carbocycles. The van der Waals surface area contributed by atoms with Crippen LogP contribution in [0.25, 0.3) is 0 Å². The number of unbranched alkanes of at least 4 members (excludes halogenated alkanes) is 5. The van der Waals surface area contributed by atoms with Crippen LogP contribution in [0.3, 0.4) is 0 Å². The molecule has 40 heavy (non-hydrogen) atoms. The molecule has 0 bridgehead atoms. The van der Waals surface area contributed by atoms with Crippen LogP contribution in [0.2, 0.25) is 0 Å². The summed E-state index contributed by atoms with van der Waals surface area (Å²) in [6.45, 7) is 5.51. The van der Waals surface area contributed by atoms with Crippen LogP contribution in [0.15, 0.2) is 55.5 Å². The summed E-state index contributed by atoms with van der Waals surface area (Å²) in [6.07, 6.45) is 11.2. The molecule has 0 unspecified atom stereocenters. The molecule has 0 aliphatic heterocycles. The Labute approximate surface area is 254 Å². The summed E-state index contributed by atoms with van der Waals surface area (Å²) in [5.74, 6) is 1.19. The Kier molecular flexibility index (Phi) is 16.9. The van der Waals surface area contributed by atoms with Gasteiger partial charge in [0.05, 0.1) is 25.6 Å². The highest BCUT2D eigenvalue weighted by atomic mass is 79.9. The number of hydrogen-bond acceptors (Lipinski definition) is 6. The lowest BCUT2D eigenvalue weighted by Crippen LogP contribution is -2.17. The lowest BCUT2D eigenvalue weighted by molar-refractivity contribution is -0.122. The largest absolute Gasteiger partial charge is 0.493 e. The third-order valence-corrected chi connectivity index (χ3v) is 6.78. The summed E-state index contributed by atoms with van der Waals surface area (Å²) in [6, 6.07) is 11.4. The predicted molar refractivity (Wildman–Crippen MR) is 168 cm³/mol. The highest BCUT2D eigenvalue weighted by molar-refractivity contribution is 9.10. The number of nitrogens with one attached hydrogen (secondary N) is 2. The molecule has 0 saturated heterocycles. The smallest absolute Gasteiger partial charge is 0.240 e. The van der Waals surface area contributed by atoms with Gasteiger partial charge in [-0.1, -0.05) is 71.4 Å². The fourth-order valence-electron chi connectivity index (χ4n) is 3.54. The molecular formula is C30H40Br2N4O4. The first-order chi connectivity index (χ1) is 19.4. The molecule has 2 rings (SSSR count). The number of nitrogens with zero attached hydrogens (tertiary/aromatic N) is 2. The number of benzene rings is 2. The van der Waals surface area contributed by atoms with Gasteiger partial charge in [-0.3, -0.25) is 9.59 Å². The lowest BCUT2D eigenvalue weighted by atomic mass is 10.1. The Morgan fingerprint density at radius 1 is 0.700 bits per heavy atom. The van der Waals surface area contributed by atoms with Crippen LogP contribution in [0.1, 0.15) is 89.2 Å². The first kappa shape index (κ1) is 33.5. The number of carbonyl (C=O) groups excluding carboxylic acids is 2. The van der Waals surface area contributed by atoms with Crippen LogP contribution in [0.4, 0.5) is 0 Å². The van der Waals surface area contributed by atoms with Gasteiger partial charge < -0.3 is 9.47 Å². The van der Waals surface area contributed by atoms with Crippen LogP contribution in [-0.2, 0) is 9.59 Å². The highest BCUT2D eigenvalue weighted by Crippen LogP contribution is 2.23. The van der Waals surface area contributed by atoms with Crippen LogP contribution < -0.4 is 20.3 Å². The Morgan fingerprint density at radius 3 is 1.52 bits per heavy atom. The Hall–Kier alpha value is -2.72. The van der Waals surface area contributed by atoms with E-state index >= 15 is 0 Å². The van der Waals surface area contributed by atoms with E-state index in [1.54, 1.807) is 12.4 Å². The zero-order chi connectivity index (χ0) is 29.0. The van der Waals surface area contributed by atoms with E-state index < -0.39 is 0 Å². The van der Waals surface area contributed by atoms with Crippen LogP contribution >= 0.6 is 31.9 Å². The highest BCUT2D eigenvalue weighted by Gasteiger charge is 2.06. The van der Waals surface area contributed by atoms with E-state index in [1.165, 1.54) is 0 Å². The van der Waals surface area contributed by atoms with Crippen LogP contribution in [0, 0.1) is 0 Å². The fourth-order valence-corrected chi connectivity index (χ4v) is 4.30. The standard InChI is InChI=1S/C30H40Br2N4O4/c1-3-5-17-39-27-15-13-25(31)19-23(27)21-33-35-29(37)11-9-7-8-10-12-30(38)36-34-22-24-20-26(32)14-16-28(24)40-18-6-4-2/h13-16,19-22H,3-12,17-18H2,1-2H3,(H,35,37)(H,36,38)/b33-21+,34-22+. The van der Waals surface area contributed by atoms with Gasteiger partial charge in [0.2, 0.25) is 11.8 Å². The van der Waals surface area contributed by atoms with Gasteiger partial charge in [0.25, 0.3) is 0 Å². The van der Waals surface area contributed by atoms with E-state index in [0.717, 1.165) is 82.9 Å². The van der Waals surface area contributed by atoms with Crippen molar-refractivity contribution in [2.24, 2.45) is 10.2 Å². The summed E-state index contributed by atoms with van der Waals surface area (Å²) in [7, 11) is 0. The minimum absolute atomic E-state index is 0.141. The molecule has 0 radical (unpaired) electrons. The van der Waals surface area contributed by atoms with E-state index in [9.17, 15) is 9.59 Å². The minimum atomic E-state index is -0.141. The molecule has 2 amide bonds. The van der Waals surface area contributed by atoms with E-state index in [1.807, 2.05) is 36.4 Å².